The van der Waals surface area contributed by atoms with Crippen LogP contribution in [0.5, 0.6) is 0 Å². The Morgan fingerprint density at radius 2 is 2.33 bits per heavy atom. The zero-order valence-electron chi connectivity index (χ0n) is 10.1. The van der Waals surface area contributed by atoms with E-state index in [9.17, 15) is 4.79 Å². The number of nitrogens with zero attached hydrogens (tertiary/aromatic N) is 1. The molecule has 0 aliphatic heterocycles. The number of amides is 1. The smallest absolute Gasteiger partial charge is 0.255 e. The second-order valence-electron chi connectivity index (χ2n) is 3.74. The number of aromatic nitrogens is 1. The minimum Gasteiger partial charge on any atom is -0.472 e. The molecule has 1 amide bonds. The van der Waals surface area contributed by atoms with Gasteiger partial charge in [0.2, 0.25) is 0 Å². The molecule has 2 rings (SSSR count). The van der Waals surface area contributed by atoms with Crippen molar-refractivity contribution >= 4 is 11.7 Å². The van der Waals surface area contributed by atoms with E-state index in [1.807, 2.05) is 13.0 Å². The van der Waals surface area contributed by atoms with E-state index in [4.69, 9.17) is 4.42 Å². The summed E-state index contributed by atoms with van der Waals surface area (Å²) in [6.45, 7) is 3.12. The normalized spacial score (nSPS) is 10.1. The lowest BCUT2D eigenvalue weighted by Gasteiger charge is -2.09. The number of hydrogen-bond donors (Lipinski definition) is 2. The quantitative estimate of drug-likeness (QED) is 0.845. The van der Waals surface area contributed by atoms with E-state index in [1.54, 1.807) is 30.9 Å². The van der Waals surface area contributed by atoms with Crippen molar-refractivity contribution in [1.29, 1.82) is 0 Å². The molecule has 2 aromatic heterocycles. The number of anilines is 1. The molecule has 0 spiro atoms. The maximum Gasteiger partial charge on any atom is 0.255 e. The molecule has 0 atom stereocenters. The van der Waals surface area contributed by atoms with Gasteiger partial charge in [0, 0.05) is 24.8 Å². The van der Waals surface area contributed by atoms with Crippen LogP contribution in [0.15, 0.2) is 41.3 Å². The molecule has 0 bridgehead atoms. The van der Waals surface area contributed by atoms with Crippen LogP contribution in [0, 0.1) is 0 Å². The van der Waals surface area contributed by atoms with Crippen LogP contribution in [0.1, 0.15) is 22.8 Å². The van der Waals surface area contributed by atoms with Crippen LogP contribution in [0.4, 0.5) is 5.82 Å². The van der Waals surface area contributed by atoms with Gasteiger partial charge < -0.3 is 15.1 Å². The summed E-state index contributed by atoms with van der Waals surface area (Å²) in [5.74, 6) is 0.449. The molecule has 2 heterocycles. The standard InChI is InChI=1S/C13H15N3O2/c1-2-14-12-11(4-3-6-15-12)13(17)16-8-10-5-7-18-9-10/h3-7,9H,2,8H2,1H3,(H,14,15)(H,16,17). The number of carbonyl (C=O) groups excluding carboxylic acids is 1. The first-order valence-corrected chi connectivity index (χ1v) is 5.79. The maximum absolute atomic E-state index is 12.0. The van der Waals surface area contributed by atoms with Crippen LogP contribution in [-0.4, -0.2) is 17.4 Å². The van der Waals surface area contributed by atoms with Crippen LogP contribution in [0.25, 0.3) is 0 Å². The van der Waals surface area contributed by atoms with Gasteiger partial charge in [0.05, 0.1) is 18.1 Å². The van der Waals surface area contributed by atoms with Crippen LogP contribution in [-0.2, 0) is 6.54 Å². The van der Waals surface area contributed by atoms with Crippen molar-refractivity contribution in [3.05, 3.63) is 48.0 Å². The van der Waals surface area contributed by atoms with Crippen LogP contribution in [0.2, 0.25) is 0 Å². The van der Waals surface area contributed by atoms with Gasteiger partial charge in [-0.05, 0) is 25.1 Å². The molecule has 0 aliphatic carbocycles. The van der Waals surface area contributed by atoms with Gasteiger partial charge in [0.15, 0.2) is 0 Å². The zero-order chi connectivity index (χ0) is 12.8. The van der Waals surface area contributed by atoms with E-state index in [-0.39, 0.29) is 5.91 Å². The first-order valence-electron chi connectivity index (χ1n) is 5.79. The van der Waals surface area contributed by atoms with Gasteiger partial charge in [-0.25, -0.2) is 4.98 Å². The Kier molecular flexibility index (Phi) is 3.96. The van der Waals surface area contributed by atoms with E-state index in [1.165, 1.54) is 0 Å². The highest BCUT2D eigenvalue weighted by molar-refractivity contribution is 5.98. The summed E-state index contributed by atoms with van der Waals surface area (Å²) in [5.41, 5.74) is 1.47. The van der Waals surface area contributed by atoms with Crippen molar-refractivity contribution in [3.8, 4) is 0 Å². The molecule has 0 aromatic carbocycles. The van der Waals surface area contributed by atoms with Gasteiger partial charge in [0.25, 0.3) is 5.91 Å². The lowest BCUT2D eigenvalue weighted by molar-refractivity contribution is 0.0951. The lowest BCUT2D eigenvalue weighted by atomic mass is 10.2. The molecule has 0 radical (unpaired) electrons. The van der Waals surface area contributed by atoms with Crippen LogP contribution < -0.4 is 10.6 Å². The summed E-state index contributed by atoms with van der Waals surface area (Å²) >= 11 is 0. The van der Waals surface area contributed by atoms with Gasteiger partial charge in [-0.1, -0.05) is 0 Å². The van der Waals surface area contributed by atoms with Gasteiger partial charge in [-0.2, -0.15) is 0 Å². The van der Waals surface area contributed by atoms with E-state index in [0.717, 1.165) is 12.1 Å². The summed E-state index contributed by atoms with van der Waals surface area (Å²) in [4.78, 5) is 16.2. The number of furan rings is 1. The van der Waals surface area contributed by atoms with Crippen molar-refractivity contribution in [2.75, 3.05) is 11.9 Å². The van der Waals surface area contributed by atoms with Crippen molar-refractivity contribution in [2.45, 2.75) is 13.5 Å². The highest BCUT2D eigenvalue weighted by Gasteiger charge is 2.11. The van der Waals surface area contributed by atoms with Crippen molar-refractivity contribution in [2.24, 2.45) is 0 Å². The van der Waals surface area contributed by atoms with Crippen LogP contribution >= 0.6 is 0 Å². The molecule has 5 nitrogen and oxygen atoms in total. The number of rotatable bonds is 5. The van der Waals surface area contributed by atoms with E-state index < -0.39 is 0 Å². The molecule has 18 heavy (non-hydrogen) atoms. The van der Waals surface area contributed by atoms with Crippen molar-refractivity contribution < 1.29 is 9.21 Å². The highest BCUT2D eigenvalue weighted by Crippen LogP contribution is 2.11. The fourth-order valence-electron chi connectivity index (χ4n) is 1.57. The van der Waals surface area contributed by atoms with Gasteiger partial charge in [-0.15, -0.1) is 0 Å². The summed E-state index contributed by atoms with van der Waals surface area (Å²) in [7, 11) is 0. The number of carbonyl (C=O) groups is 1. The summed E-state index contributed by atoms with van der Waals surface area (Å²) in [6, 6.07) is 5.30. The van der Waals surface area contributed by atoms with E-state index in [2.05, 4.69) is 15.6 Å². The third-order valence-corrected chi connectivity index (χ3v) is 2.43. The first kappa shape index (κ1) is 12.2. The monoisotopic (exact) mass is 245 g/mol. The molecule has 0 aliphatic rings. The Hall–Kier alpha value is -2.30. The van der Waals surface area contributed by atoms with E-state index in [0.29, 0.717) is 17.9 Å². The van der Waals surface area contributed by atoms with Gasteiger partial charge >= 0.3 is 0 Å². The molecular weight excluding hydrogens is 230 g/mol. The third kappa shape index (κ3) is 2.88. The average Bonchev–Trinajstić information content (AvgIpc) is 2.90. The summed E-state index contributed by atoms with van der Waals surface area (Å²) < 4.78 is 4.94. The predicted molar refractivity (Wildman–Crippen MR) is 68.3 cm³/mol. The molecule has 0 unspecified atom stereocenters. The average molecular weight is 245 g/mol. The maximum atomic E-state index is 12.0. The highest BCUT2D eigenvalue weighted by atomic mass is 16.3. The van der Waals surface area contributed by atoms with Gasteiger partial charge in [-0.3, -0.25) is 4.79 Å². The largest absolute Gasteiger partial charge is 0.472 e. The number of pyridine rings is 1. The minimum absolute atomic E-state index is 0.153. The fourth-order valence-corrected chi connectivity index (χ4v) is 1.57. The summed E-state index contributed by atoms with van der Waals surface area (Å²) in [5, 5.41) is 5.88. The predicted octanol–water partition coefficient (Wildman–Crippen LogP) is 2.04. The zero-order valence-corrected chi connectivity index (χ0v) is 10.1. The Bertz CT molecular complexity index is 509. The van der Waals surface area contributed by atoms with Crippen molar-refractivity contribution in [1.82, 2.24) is 10.3 Å². The minimum atomic E-state index is -0.153. The fraction of sp³-hybridized carbons (Fsp3) is 0.231. The molecule has 94 valence electrons. The molecular formula is C13H15N3O2. The van der Waals surface area contributed by atoms with Gasteiger partial charge in [0.1, 0.15) is 5.82 Å². The lowest BCUT2D eigenvalue weighted by Crippen LogP contribution is -2.24. The van der Waals surface area contributed by atoms with Crippen molar-refractivity contribution in [3.63, 3.8) is 0 Å². The second kappa shape index (κ2) is 5.86. The summed E-state index contributed by atoms with van der Waals surface area (Å²) in [6.07, 6.45) is 4.84. The number of hydrogen-bond acceptors (Lipinski definition) is 4. The third-order valence-electron chi connectivity index (χ3n) is 2.43. The molecule has 2 N–H and O–H groups in total. The van der Waals surface area contributed by atoms with Crippen LogP contribution in [0.3, 0.4) is 0 Å². The molecule has 2 aromatic rings. The Morgan fingerprint density at radius 1 is 1.44 bits per heavy atom. The number of nitrogens with one attached hydrogen (secondary N) is 2. The Balaban J connectivity index is 2.04. The topological polar surface area (TPSA) is 67.2 Å². The second-order valence-corrected chi connectivity index (χ2v) is 3.74. The molecule has 0 saturated carbocycles. The molecule has 0 saturated heterocycles. The van der Waals surface area contributed by atoms with E-state index >= 15 is 0 Å². The molecule has 5 heteroatoms. The SMILES string of the molecule is CCNc1ncccc1C(=O)NCc1ccoc1. The molecule has 0 fully saturated rings. The Morgan fingerprint density at radius 3 is 3.06 bits per heavy atom. The first-order chi connectivity index (χ1) is 8.81. The Labute approximate surface area is 105 Å².